The Bertz CT molecular complexity index is 3730. The molecule has 11 aromatic rings. The largest absolute Gasteiger partial charge is 0.458 e. The Kier molecular flexibility index (Phi) is 9.72. The van der Waals surface area contributed by atoms with Crippen LogP contribution in [0.4, 0.5) is 0 Å². The van der Waals surface area contributed by atoms with Gasteiger partial charge >= 0.3 is 0 Å². The minimum absolute atomic E-state index is 0.105. The van der Waals surface area contributed by atoms with Gasteiger partial charge in [-0.3, -0.25) is 8.80 Å². The first-order valence-corrected chi connectivity index (χ1v) is 24.2. The molecule has 0 amide bonds. The standard InChI is InChI=1S/C60H54B2N4O/c1-35(2)40-19-15-20-41(36(3)4)55(40)61-49-23-11-12-24-50(49)62(56-42(37(5)6)21-16-22-43(56)38(7)8)58-54-46-18-10-14-26-52(46)66-32-30-64-60(66)48(54)34-53(57(58)61)67-39-27-28-44-45-17-9-13-25-51(45)65-31-29-63-59(65)47(44)33-39/h9-38H,1-8H3. The topological polar surface area (TPSA) is 43.8 Å². The highest BCUT2D eigenvalue weighted by Crippen LogP contribution is 2.37. The summed E-state index contributed by atoms with van der Waals surface area (Å²) in [7, 11) is 0. The molecule has 5 nitrogen and oxygen atoms in total. The predicted molar refractivity (Wildman–Crippen MR) is 285 cm³/mol. The molecule has 0 bridgehead atoms. The second-order valence-corrected chi connectivity index (χ2v) is 20.0. The van der Waals surface area contributed by atoms with Crippen molar-refractivity contribution < 1.29 is 4.74 Å². The molecule has 7 heteroatoms. The van der Waals surface area contributed by atoms with Gasteiger partial charge in [0.2, 0.25) is 13.4 Å². The number of para-hydroxylation sites is 2. The summed E-state index contributed by atoms with van der Waals surface area (Å²) in [5, 5.41) is 6.92. The van der Waals surface area contributed by atoms with Gasteiger partial charge in [0, 0.05) is 46.3 Å². The maximum Gasteiger partial charge on any atom is 0.245 e. The van der Waals surface area contributed by atoms with Crippen molar-refractivity contribution in [2.24, 2.45) is 0 Å². The molecule has 0 unspecified atom stereocenters. The molecule has 1 aliphatic heterocycles. The van der Waals surface area contributed by atoms with E-state index in [0.717, 1.165) is 50.0 Å². The van der Waals surface area contributed by atoms with Crippen LogP contribution in [0, 0.1) is 0 Å². The molecule has 7 aromatic carbocycles. The first-order chi connectivity index (χ1) is 32.6. The molecule has 0 spiro atoms. The highest BCUT2D eigenvalue weighted by molar-refractivity contribution is 7.13. The number of benzene rings is 7. The zero-order valence-corrected chi connectivity index (χ0v) is 39.7. The monoisotopic (exact) mass is 868 g/mol. The summed E-state index contributed by atoms with van der Waals surface area (Å²) >= 11 is 0. The van der Waals surface area contributed by atoms with Crippen LogP contribution in [0.3, 0.4) is 0 Å². The number of hydrogen-bond donors (Lipinski definition) is 0. The van der Waals surface area contributed by atoms with Gasteiger partial charge in [-0.05, 0) is 98.6 Å². The smallest absolute Gasteiger partial charge is 0.245 e. The SMILES string of the molecule is CC(C)c1cccc(C(C)C)c1B1c2ccccc2B(c2c(C(C)C)cccc2C(C)C)c2c1c(Oc1ccc3c4ccccc4n4ccnc4c3c1)cc1c2c2ccccc2n2ccnc12. The number of rotatable bonds is 8. The fourth-order valence-electron chi connectivity index (χ4n) is 12.0. The van der Waals surface area contributed by atoms with Gasteiger partial charge in [0.1, 0.15) is 22.8 Å². The Morgan fingerprint density at radius 3 is 1.45 bits per heavy atom. The van der Waals surface area contributed by atoms with Gasteiger partial charge in [0.15, 0.2) is 0 Å². The van der Waals surface area contributed by atoms with Crippen molar-refractivity contribution in [2.45, 2.75) is 79.1 Å². The molecule has 0 aliphatic carbocycles. The summed E-state index contributed by atoms with van der Waals surface area (Å²) in [6, 6.07) is 49.9. The van der Waals surface area contributed by atoms with E-state index in [1.807, 2.05) is 12.4 Å². The lowest BCUT2D eigenvalue weighted by Crippen LogP contribution is -2.76. The molecule has 0 atom stereocenters. The van der Waals surface area contributed by atoms with E-state index < -0.39 is 0 Å². The molecule has 326 valence electrons. The third-order valence-corrected chi connectivity index (χ3v) is 14.8. The molecule has 0 radical (unpaired) electrons. The third-order valence-electron chi connectivity index (χ3n) is 14.8. The van der Waals surface area contributed by atoms with Crippen LogP contribution < -0.4 is 37.5 Å². The van der Waals surface area contributed by atoms with Crippen LogP contribution in [-0.2, 0) is 0 Å². The number of imidazole rings is 2. The zero-order chi connectivity index (χ0) is 45.8. The van der Waals surface area contributed by atoms with Crippen LogP contribution in [0.25, 0.3) is 54.6 Å². The number of pyridine rings is 2. The zero-order valence-electron chi connectivity index (χ0n) is 39.7. The van der Waals surface area contributed by atoms with E-state index in [1.165, 1.54) is 71.2 Å². The van der Waals surface area contributed by atoms with Crippen molar-refractivity contribution in [3.05, 3.63) is 181 Å². The van der Waals surface area contributed by atoms with Crippen molar-refractivity contribution in [2.75, 3.05) is 0 Å². The first-order valence-electron chi connectivity index (χ1n) is 24.2. The average Bonchev–Trinajstić information content (AvgIpc) is 4.05. The van der Waals surface area contributed by atoms with E-state index in [0.29, 0.717) is 23.7 Å². The Morgan fingerprint density at radius 1 is 0.418 bits per heavy atom. The van der Waals surface area contributed by atoms with Crippen molar-refractivity contribution in [3.63, 3.8) is 0 Å². The van der Waals surface area contributed by atoms with Gasteiger partial charge in [0.25, 0.3) is 0 Å². The van der Waals surface area contributed by atoms with Crippen LogP contribution in [0.1, 0.15) is 101 Å². The van der Waals surface area contributed by atoms with Gasteiger partial charge in [-0.25, -0.2) is 9.97 Å². The first kappa shape index (κ1) is 41.3. The molecule has 0 N–H and O–H groups in total. The lowest BCUT2D eigenvalue weighted by atomic mass is 9.19. The minimum Gasteiger partial charge on any atom is -0.458 e. The summed E-state index contributed by atoms with van der Waals surface area (Å²) in [6.45, 7) is 18.6. The van der Waals surface area contributed by atoms with Gasteiger partial charge < -0.3 is 4.74 Å². The summed E-state index contributed by atoms with van der Waals surface area (Å²) in [5.74, 6) is 2.80. The molecule has 0 saturated heterocycles. The third kappa shape index (κ3) is 6.23. The van der Waals surface area contributed by atoms with E-state index in [1.54, 1.807) is 0 Å². The van der Waals surface area contributed by atoms with Crippen LogP contribution in [0.2, 0.25) is 0 Å². The highest BCUT2D eigenvalue weighted by atomic mass is 16.5. The molecule has 12 rings (SSSR count). The van der Waals surface area contributed by atoms with E-state index in [2.05, 4.69) is 210 Å². The highest BCUT2D eigenvalue weighted by Gasteiger charge is 2.45. The molecule has 0 fully saturated rings. The molecule has 67 heavy (non-hydrogen) atoms. The maximum atomic E-state index is 7.70. The molecular weight excluding hydrogens is 814 g/mol. The lowest BCUT2D eigenvalue weighted by Gasteiger charge is -2.38. The Balaban J connectivity index is 1.29. The average molecular weight is 869 g/mol. The lowest BCUT2D eigenvalue weighted by molar-refractivity contribution is 0.488. The van der Waals surface area contributed by atoms with E-state index in [-0.39, 0.29) is 13.4 Å². The number of ether oxygens (including phenoxy) is 1. The molecule has 0 saturated carbocycles. The van der Waals surface area contributed by atoms with E-state index in [4.69, 9.17) is 14.7 Å². The molecular formula is C60H54B2N4O. The van der Waals surface area contributed by atoms with Crippen LogP contribution in [0.5, 0.6) is 11.5 Å². The summed E-state index contributed by atoms with van der Waals surface area (Å²) in [5.41, 5.74) is 17.7. The van der Waals surface area contributed by atoms with Gasteiger partial charge in [-0.15, -0.1) is 0 Å². The number of fused-ring (bicyclic) bond motifs is 15. The van der Waals surface area contributed by atoms with Crippen molar-refractivity contribution in [1.82, 2.24) is 18.8 Å². The maximum absolute atomic E-state index is 7.70. The molecule has 5 heterocycles. The normalized spacial score (nSPS) is 13.0. The van der Waals surface area contributed by atoms with Gasteiger partial charge in [-0.2, -0.15) is 0 Å². The number of aromatic nitrogens is 4. The van der Waals surface area contributed by atoms with Crippen molar-refractivity contribution in [3.8, 4) is 11.5 Å². The minimum atomic E-state index is -0.135. The van der Waals surface area contributed by atoms with Crippen molar-refractivity contribution >= 4 is 101 Å². The molecule has 1 aliphatic rings. The van der Waals surface area contributed by atoms with Gasteiger partial charge in [0.05, 0.1) is 11.0 Å². The van der Waals surface area contributed by atoms with Crippen LogP contribution >= 0.6 is 0 Å². The number of hydrogen-bond acceptors (Lipinski definition) is 3. The Hall–Kier alpha value is -7.11. The fraction of sp³-hybridized carbons (Fsp3) is 0.200. The van der Waals surface area contributed by atoms with Crippen LogP contribution in [-0.4, -0.2) is 32.2 Å². The van der Waals surface area contributed by atoms with E-state index >= 15 is 0 Å². The summed E-state index contributed by atoms with van der Waals surface area (Å²) in [6.07, 6.45) is 8.01. The van der Waals surface area contributed by atoms with E-state index in [9.17, 15) is 0 Å². The Labute approximate surface area is 393 Å². The number of nitrogens with zero attached hydrogens (tertiary/aromatic N) is 4. The Morgan fingerprint density at radius 2 is 0.896 bits per heavy atom. The summed E-state index contributed by atoms with van der Waals surface area (Å²) in [4.78, 5) is 10.1. The summed E-state index contributed by atoms with van der Waals surface area (Å²) < 4.78 is 12.2. The second-order valence-electron chi connectivity index (χ2n) is 20.0. The second kappa shape index (κ2) is 15.8. The fourth-order valence-corrected chi connectivity index (χ4v) is 12.0. The van der Waals surface area contributed by atoms with Crippen LogP contribution in [0.15, 0.2) is 158 Å². The predicted octanol–water partition coefficient (Wildman–Crippen LogP) is 11.2. The van der Waals surface area contributed by atoms with Crippen molar-refractivity contribution in [1.29, 1.82) is 0 Å². The van der Waals surface area contributed by atoms with Gasteiger partial charge in [-0.1, -0.05) is 180 Å². The molecule has 4 aromatic heterocycles. The quantitative estimate of drug-likeness (QED) is 0.113.